The lowest BCUT2D eigenvalue weighted by molar-refractivity contribution is -0.117. The lowest BCUT2D eigenvalue weighted by Gasteiger charge is -2.52. The largest absolute Gasteiger partial charge is 0.376 e. The first-order valence-electron chi connectivity index (χ1n) is 6.09. The zero-order valence-corrected chi connectivity index (χ0v) is 11.3. The third-order valence-corrected chi connectivity index (χ3v) is 5.14. The Labute approximate surface area is 114 Å². The second-order valence-electron chi connectivity index (χ2n) is 4.82. The molecule has 4 atom stereocenters. The van der Waals surface area contributed by atoms with Crippen molar-refractivity contribution in [3.63, 3.8) is 0 Å². The van der Waals surface area contributed by atoms with E-state index in [9.17, 15) is 4.79 Å². The van der Waals surface area contributed by atoms with E-state index in [1.54, 1.807) is 11.4 Å². The van der Waals surface area contributed by atoms with Crippen molar-refractivity contribution in [1.29, 1.82) is 0 Å². The number of thiophene rings is 1. The molecule has 98 valence electrons. The molecule has 3 N–H and O–H groups in total. The number of amides is 1. The highest BCUT2D eigenvalue weighted by molar-refractivity contribution is 7.12. The molecule has 18 heavy (non-hydrogen) atoms. The van der Waals surface area contributed by atoms with Gasteiger partial charge in [-0.25, -0.2) is 0 Å². The molecule has 4 nitrogen and oxygen atoms in total. The van der Waals surface area contributed by atoms with Gasteiger partial charge in [0.25, 0.3) is 5.91 Å². The van der Waals surface area contributed by atoms with Crippen LogP contribution in [-0.2, 0) is 4.74 Å². The SMILES string of the molecule is NC1C2CCCOC2C1NC(=O)c1sccc1Cl. The van der Waals surface area contributed by atoms with Crippen LogP contribution in [-0.4, -0.2) is 30.7 Å². The highest BCUT2D eigenvalue weighted by atomic mass is 35.5. The Hall–Kier alpha value is -0.620. The minimum atomic E-state index is -0.150. The van der Waals surface area contributed by atoms with E-state index in [0.717, 1.165) is 19.4 Å². The number of fused-ring (bicyclic) bond motifs is 1. The molecule has 1 aliphatic carbocycles. The third-order valence-electron chi connectivity index (χ3n) is 3.80. The highest BCUT2D eigenvalue weighted by Gasteiger charge is 2.51. The van der Waals surface area contributed by atoms with Gasteiger partial charge in [0, 0.05) is 18.6 Å². The van der Waals surface area contributed by atoms with Gasteiger partial charge in [0.05, 0.1) is 17.2 Å². The summed E-state index contributed by atoms with van der Waals surface area (Å²) in [5.41, 5.74) is 6.09. The van der Waals surface area contributed by atoms with E-state index in [1.807, 2.05) is 0 Å². The van der Waals surface area contributed by atoms with Crippen LogP contribution in [0.15, 0.2) is 11.4 Å². The zero-order valence-electron chi connectivity index (χ0n) is 9.77. The minimum absolute atomic E-state index is 0.00186. The van der Waals surface area contributed by atoms with Gasteiger partial charge in [0.1, 0.15) is 4.88 Å². The number of nitrogens with one attached hydrogen (secondary N) is 1. The molecular weight excluding hydrogens is 272 g/mol. The molecule has 0 bridgehead atoms. The number of carbonyl (C=O) groups is 1. The van der Waals surface area contributed by atoms with Crippen molar-refractivity contribution in [2.24, 2.45) is 11.7 Å². The Bertz CT molecular complexity index is 465. The molecule has 2 aliphatic rings. The summed E-state index contributed by atoms with van der Waals surface area (Å²) < 4.78 is 5.68. The van der Waals surface area contributed by atoms with Gasteiger partial charge in [-0.15, -0.1) is 11.3 Å². The highest BCUT2D eigenvalue weighted by Crippen LogP contribution is 2.37. The number of nitrogens with two attached hydrogens (primary N) is 1. The summed E-state index contributed by atoms with van der Waals surface area (Å²) in [5.74, 6) is 0.242. The quantitative estimate of drug-likeness (QED) is 0.869. The molecule has 1 aromatic heterocycles. The number of ether oxygens (including phenoxy) is 1. The minimum Gasteiger partial charge on any atom is -0.376 e. The van der Waals surface area contributed by atoms with Crippen molar-refractivity contribution < 1.29 is 9.53 Å². The van der Waals surface area contributed by atoms with Gasteiger partial charge >= 0.3 is 0 Å². The first-order chi connectivity index (χ1) is 8.68. The number of hydrogen-bond acceptors (Lipinski definition) is 4. The maximum atomic E-state index is 12.1. The number of hydrogen-bond donors (Lipinski definition) is 2. The normalized spacial score (nSPS) is 34.6. The van der Waals surface area contributed by atoms with Gasteiger partial charge < -0.3 is 15.8 Å². The van der Waals surface area contributed by atoms with Crippen LogP contribution in [0.25, 0.3) is 0 Å². The zero-order chi connectivity index (χ0) is 12.7. The molecule has 2 heterocycles. The summed E-state index contributed by atoms with van der Waals surface area (Å²) in [5, 5.41) is 5.24. The molecule has 1 saturated carbocycles. The average molecular weight is 287 g/mol. The molecule has 6 heteroatoms. The molecule has 0 aromatic carbocycles. The number of halogens is 1. The van der Waals surface area contributed by atoms with E-state index in [2.05, 4.69) is 5.32 Å². The summed E-state index contributed by atoms with van der Waals surface area (Å²) in [6, 6.07) is 1.64. The fraction of sp³-hybridized carbons (Fsp3) is 0.583. The van der Waals surface area contributed by atoms with Crippen LogP contribution in [0.2, 0.25) is 5.02 Å². The summed E-state index contributed by atoms with van der Waals surface area (Å²) in [6.07, 6.45) is 2.24. The molecule has 2 fully saturated rings. The topological polar surface area (TPSA) is 64.3 Å². The first kappa shape index (κ1) is 12.4. The molecule has 4 unspecified atom stereocenters. The smallest absolute Gasteiger partial charge is 0.263 e. The van der Waals surface area contributed by atoms with Gasteiger partial charge in [-0.1, -0.05) is 11.6 Å². The Morgan fingerprint density at radius 1 is 1.61 bits per heavy atom. The van der Waals surface area contributed by atoms with E-state index in [-0.39, 0.29) is 24.1 Å². The standard InChI is InChI=1S/C12H15ClN2O2S/c13-7-3-5-18-11(7)12(16)15-9-8(14)6-2-1-4-17-10(6)9/h3,5-6,8-10H,1-2,4,14H2,(H,15,16). The van der Waals surface area contributed by atoms with Crippen LogP contribution in [0, 0.1) is 5.92 Å². The molecule has 1 aromatic rings. The van der Waals surface area contributed by atoms with E-state index in [4.69, 9.17) is 22.1 Å². The van der Waals surface area contributed by atoms with Crippen molar-refractivity contribution in [2.45, 2.75) is 31.0 Å². The maximum Gasteiger partial charge on any atom is 0.263 e. The van der Waals surface area contributed by atoms with E-state index in [0.29, 0.717) is 15.8 Å². The van der Waals surface area contributed by atoms with E-state index >= 15 is 0 Å². The Morgan fingerprint density at radius 2 is 2.44 bits per heavy atom. The van der Waals surface area contributed by atoms with Gasteiger partial charge in [-0.2, -0.15) is 0 Å². The molecule has 1 aliphatic heterocycles. The van der Waals surface area contributed by atoms with Crippen LogP contribution in [0.5, 0.6) is 0 Å². The second kappa shape index (κ2) is 4.81. The summed E-state index contributed by atoms with van der Waals surface area (Å²) in [6.45, 7) is 0.764. The fourth-order valence-electron chi connectivity index (χ4n) is 2.80. The lowest BCUT2D eigenvalue weighted by Crippen LogP contribution is -2.72. The van der Waals surface area contributed by atoms with Gasteiger partial charge in [-0.3, -0.25) is 4.79 Å². The van der Waals surface area contributed by atoms with Gasteiger partial charge in [0.2, 0.25) is 0 Å². The summed E-state index contributed by atoms with van der Waals surface area (Å²) in [7, 11) is 0. The molecule has 1 saturated heterocycles. The van der Waals surface area contributed by atoms with Gasteiger partial charge in [-0.05, 0) is 24.3 Å². The van der Waals surface area contributed by atoms with Crippen LogP contribution in [0.1, 0.15) is 22.5 Å². The maximum absolute atomic E-state index is 12.1. The van der Waals surface area contributed by atoms with Crippen molar-refractivity contribution in [3.05, 3.63) is 21.3 Å². The Balaban J connectivity index is 1.67. The van der Waals surface area contributed by atoms with Gasteiger partial charge in [0.15, 0.2) is 0 Å². The summed E-state index contributed by atoms with van der Waals surface area (Å²) in [4.78, 5) is 12.6. The molecule has 0 radical (unpaired) electrons. The third kappa shape index (κ3) is 1.95. The molecule has 1 amide bonds. The second-order valence-corrected chi connectivity index (χ2v) is 6.14. The average Bonchev–Trinajstić information content (AvgIpc) is 2.81. The molecular formula is C12H15ClN2O2S. The predicted molar refractivity (Wildman–Crippen MR) is 71.0 cm³/mol. The number of carbonyl (C=O) groups excluding carboxylic acids is 1. The molecule has 3 rings (SSSR count). The van der Waals surface area contributed by atoms with E-state index < -0.39 is 0 Å². The van der Waals surface area contributed by atoms with Crippen molar-refractivity contribution >= 4 is 28.8 Å². The Kier molecular flexibility index (Phi) is 3.32. The van der Waals surface area contributed by atoms with Crippen LogP contribution < -0.4 is 11.1 Å². The van der Waals surface area contributed by atoms with Crippen molar-refractivity contribution in [2.75, 3.05) is 6.61 Å². The monoisotopic (exact) mass is 286 g/mol. The molecule has 0 spiro atoms. The van der Waals surface area contributed by atoms with Crippen LogP contribution in [0.3, 0.4) is 0 Å². The lowest BCUT2D eigenvalue weighted by atomic mass is 9.68. The van der Waals surface area contributed by atoms with Crippen LogP contribution >= 0.6 is 22.9 Å². The van der Waals surface area contributed by atoms with Crippen molar-refractivity contribution in [3.8, 4) is 0 Å². The Morgan fingerprint density at radius 3 is 3.17 bits per heavy atom. The number of rotatable bonds is 2. The fourth-order valence-corrected chi connectivity index (χ4v) is 3.84. The van der Waals surface area contributed by atoms with Crippen molar-refractivity contribution in [1.82, 2.24) is 5.32 Å². The summed E-state index contributed by atoms with van der Waals surface area (Å²) >= 11 is 7.28. The van der Waals surface area contributed by atoms with E-state index in [1.165, 1.54) is 11.3 Å². The predicted octanol–water partition coefficient (Wildman–Crippen LogP) is 1.64. The first-order valence-corrected chi connectivity index (χ1v) is 7.35. The van der Waals surface area contributed by atoms with Crippen LogP contribution in [0.4, 0.5) is 0 Å².